The Labute approximate surface area is 101 Å². The quantitative estimate of drug-likeness (QED) is 0.806. The maximum Gasteiger partial charge on any atom is 0.124 e. The molecule has 0 radical (unpaired) electrons. The van der Waals surface area contributed by atoms with Gasteiger partial charge in [0.2, 0.25) is 0 Å². The first-order chi connectivity index (χ1) is 7.69. The molecule has 0 bridgehead atoms. The molecule has 3 nitrogen and oxygen atoms in total. The lowest BCUT2D eigenvalue weighted by molar-refractivity contribution is 0.284. The lowest BCUT2D eigenvalue weighted by atomic mass is 10.1. The van der Waals surface area contributed by atoms with Crippen molar-refractivity contribution in [1.82, 2.24) is 5.32 Å². The SMILES string of the molecule is CCOc1ccc(Cl)cc1C(C)NCCO. The molecule has 2 N–H and O–H groups in total. The van der Waals surface area contributed by atoms with Crippen molar-refractivity contribution < 1.29 is 9.84 Å². The number of aliphatic hydroxyl groups is 1. The van der Waals surface area contributed by atoms with Crippen LogP contribution in [0.5, 0.6) is 5.75 Å². The highest BCUT2D eigenvalue weighted by Crippen LogP contribution is 2.28. The minimum Gasteiger partial charge on any atom is -0.494 e. The number of halogens is 1. The van der Waals surface area contributed by atoms with Gasteiger partial charge in [-0.15, -0.1) is 0 Å². The van der Waals surface area contributed by atoms with E-state index in [2.05, 4.69) is 5.32 Å². The van der Waals surface area contributed by atoms with Gasteiger partial charge in [-0.1, -0.05) is 11.6 Å². The largest absolute Gasteiger partial charge is 0.494 e. The molecule has 16 heavy (non-hydrogen) atoms. The predicted octanol–water partition coefficient (Wildman–Crippen LogP) is 2.38. The second-order valence-electron chi connectivity index (χ2n) is 3.51. The van der Waals surface area contributed by atoms with Crippen molar-refractivity contribution in [2.24, 2.45) is 0 Å². The summed E-state index contributed by atoms with van der Waals surface area (Å²) in [6, 6.07) is 5.68. The van der Waals surface area contributed by atoms with Gasteiger partial charge in [-0.05, 0) is 32.0 Å². The topological polar surface area (TPSA) is 41.5 Å². The van der Waals surface area contributed by atoms with E-state index in [1.807, 2.05) is 32.0 Å². The van der Waals surface area contributed by atoms with Gasteiger partial charge < -0.3 is 15.2 Å². The Morgan fingerprint density at radius 2 is 2.25 bits per heavy atom. The average Bonchev–Trinajstić information content (AvgIpc) is 2.28. The van der Waals surface area contributed by atoms with E-state index < -0.39 is 0 Å². The van der Waals surface area contributed by atoms with E-state index >= 15 is 0 Å². The number of ether oxygens (including phenoxy) is 1. The highest BCUT2D eigenvalue weighted by molar-refractivity contribution is 6.30. The van der Waals surface area contributed by atoms with Crippen LogP contribution in [0.1, 0.15) is 25.5 Å². The predicted molar refractivity (Wildman–Crippen MR) is 66.1 cm³/mol. The molecule has 1 atom stereocenters. The fourth-order valence-electron chi connectivity index (χ4n) is 1.54. The Morgan fingerprint density at radius 3 is 2.88 bits per heavy atom. The van der Waals surface area contributed by atoms with E-state index in [9.17, 15) is 0 Å². The Morgan fingerprint density at radius 1 is 1.50 bits per heavy atom. The lowest BCUT2D eigenvalue weighted by Gasteiger charge is -2.17. The third-order valence-corrected chi connectivity index (χ3v) is 2.54. The summed E-state index contributed by atoms with van der Waals surface area (Å²) in [5.41, 5.74) is 1.02. The molecule has 0 amide bonds. The maximum atomic E-state index is 8.77. The fraction of sp³-hybridized carbons (Fsp3) is 0.500. The highest BCUT2D eigenvalue weighted by atomic mass is 35.5. The molecule has 1 aromatic rings. The van der Waals surface area contributed by atoms with Crippen molar-refractivity contribution in [2.45, 2.75) is 19.9 Å². The second kappa shape index (κ2) is 6.74. The Hall–Kier alpha value is -0.770. The molecule has 0 aliphatic heterocycles. The first-order valence-electron chi connectivity index (χ1n) is 5.45. The monoisotopic (exact) mass is 243 g/mol. The standard InChI is InChI=1S/C12H18ClNO2/c1-3-16-12-5-4-10(13)8-11(12)9(2)14-6-7-15/h4-5,8-9,14-15H,3,6-7H2,1-2H3. The highest BCUT2D eigenvalue weighted by Gasteiger charge is 2.11. The van der Waals surface area contributed by atoms with E-state index in [4.69, 9.17) is 21.4 Å². The Kier molecular flexibility index (Phi) is 5.60. The summed E-state index contributed by atoms with van der Waals surface area (Å²) < 4.78 is 5.53. The van der Waals surface area contributed by atoms with Crippen LogP contribution in [0, 0.1) is 0 Å². The van der Waals surface area contributed by atoms with Gasteiger partial charge >= 0.3 is 0 Å². The number of hydrogen-bond acceptors (Lipinski definition) is 3. The van der Waals surface area contributed by atoms with Gasteiger partial charge in [-0.2, -0.15) is 0 Å². The molecule has 1 unspecified atom stereocenters. The molecule has 0 fully saturated rings. The van der Waals surface area contributed by atoms with E-state index in [1.54, 1.807) is 0 Å². The summed E-state index contributed by atoms with van der Waals surface area (Å²) in [7, 11) is 0. The Bertz CT molecular complexity index is 331. The first-order valence-corrected chi connectivity index (χ1v) is 5.83. The van der Waals surface area contributed by atoms with Gasteiger partial charge in [0.25, 0.3) is 0 Å². The molecule has 4 heteroatoms. The van der Waals surface area contributed by atoms with Crippen molar-refractivity contribution in [3.63, 3.8) is 0 Å². The van der Waals surface area contributed by atoms with Gasteiger partial charge in [0, 0.05) is 23.2 Å². The minimum atomic E-state index is 0.104. The maximum absolute atomic E-state index is 8.77. The van der Waals surface area contributed by atoms with Gasteiger partial charge in [0.15, 0.2) is 0 Å². The zero-order valence-electron chi connectivity index (χ0n) is 9.66. The van der Waals surface area contributed by atoms with E-state index in [-0.39, 0.29) is 12.6 Å². The van der Waals surface area contributed by atoms with Crippen LogP contribution >= 0.6 is 11.6 Å². The average molecular weight is 244 g/mol. The summed E-state index contributed by atoms with van der Waals surface area (Å²) in [5.74, 6) is 0.838. The van der Waals surface area contributed by atoms with E-state index in [0.29, 0.717) is 18.2 Å². The van der Waals surface area contributed by atoms with Crippen molar-refractivity contribution in [1.29, 1.82) is 0 Å². The van der Waals surface area contributed by atoms with Gasteiger partial charge in [0.05, 0.1) is 13.2 Å². The Balaban J connectivity index is 2.85. The molecule has 0 aliphatic carbocycles. The molecular formula is C12H18ClNO2. The lowest BCUT2D eigenvalue weighted by Crippen LogP contribution is -2.22. The van der Waals surface area contributed by atoms with Crippen LogP contribution in [0.25, 0.3) is 0 Å². The molecule has 0 aliphatic rings. The number of aliphatic hydroxyl groups excluding tert-OH is 1. The van der Waals surface area contributed by atoms with Crippen molar-refractivity contribution >= 4 is 11.6 Å². The third-order valence-electron chi connectivity index (χ3n) is 2.30. The van der Waals surface area contributed by atoms with Crippen LogP contribution in [-0.2, 0) is 0 Å². The molecule has 0 aromatic heterocycles. The van der Waals surface area contributed by atoms with Crippen molar-refractivity contribution in [3.05, 3.63) is 28.8 Å². The zero-order chi connectivity index (χ0) is 12.0. The number of nitrogens with one attached hydrogen (secondary N) is 1. The van der Waals surface area contributed by atoms with Gasteiger partial charge in [-0.3, -0.25) is 0 Å². The first kappa shape index (κ1) is 13.3. The van der Waals surface area contributed by atoms with Crippen LogP contribution in [0.15, 0.2) is 18.2 Å². The van der Waals surface area contributed by atoms with Gasteiger partial charge in [-0.25, -0.2) is 0 Å². The second-order valence-corrected chi connectivity index (χ2v) is 3.95. The van der Waals surface area contributed by atoms with Crippen molar-refractivity contribution in [3.8, 4) is 5.75 Å². The van der Waals surface area contributed by atoms with Crippen LogP contribution < -0.4 is 10.1 Å². The molecule has 0 saturated carbocycles. The molecular weight excluding hydrogens is 226 g/mol. The van der Waals surface area contributed by atoms with E-state index in [0.717, 1.165) is 11.3 Å². The number of rotatable bonds is 6. The molecule has 0 spiro atoms. The molecule has 1 aromatic carbocycles. The smallest absolute Gasteiger partial charge is 0.124 e. The summed E-state index contributed by atoms with van der Waals surface area (Å²) in [4.78, 5) is 0. The summed E-state index contributed by atoms with van der Waals surface area (Å²) in [6.07, 6.45) is 0. The zero-order valence-corrected chi connectivity index (χ0v) is 10.4. The van der Waals surface area contributed by atoms with Crippen LogP contribution in [0.3, 0.4) is 0 Å². The fourth-order valence-corrected chi connectivity index (χ4v) is 1.72. The summed E-state index contributed by atoms with van der Waals surface area (Å²) in [5, 5.41) is 12.6. The molecule has 90 valence electrons. The van der Waals surface area contributed by atoms with Crippen LogP contribution in [0.2, 0.25) is 5.02 Å². The summed E-state index contributed by atoms with van der Waals surface area (Å²) >= 11 is 5.96. The third kappa shape index (κ3) is 3.67. The number of hydrogen-bond donors (Lipinski definition) is 2. The summed E-state index contributed by atoms with van der Waals surface area (Å²) in [6.45, 7) is 5.27. The minimum absolute atomic E-state index is 0.104. The van der Waals surface area contributed by atoms with E-state index in [1.165, 1.54) is 0 Å². The number of benzene rings is 1. The van der Waals surface area contributed by atoms with Crippen molar-refractivity contribution in [2.75, 3.05) is 19.8 Å². The normalized spacial score (nSPS) is 12.5. The van der Waals surface area contributed by atoms with Crippen LogP contribution in [-0.4, -0.2) is 24.9 Å². The van der Waals surface area contributed by atoms with Crippen LogP contribution in [0.4, 0.5) is 0 Å². The molecule has 1 rings (SSSR count). The molecule has 0 heterocycles. The van der Waals surface area contributed by atoms with Gasteiger partial charge in [0.1, 0.15) is 5.75 Å². The molecule has 0 saturated heterocycles.